The van der Waals surface area contributed by atoms with Crippen LogP contribution in [0.15, 0.2) is 46.9 Å². The van der Waals surface area contributed by atoms with Crippen molar-refractivity contribution >= 4 is 15.9 Å². The molecule has 0 aromatic heterocycles. The summed E-state index contributed by atoms with van der Waals surface area (Å²) >= 11 is 3.56. The van der Waals surface area contributed by atoms with Gasteiger partial charge in [0.1, 0.15) is 0 Å². The summed E-state index contributed by atoms with van der Waals surface area (Å²) in [6.45, 7) is 4.38. The number of aryl methyl sites for hydroxylation is 2. The van der Waals surface area contributed by atoms with Crippen LogP contribution in [-0.2, 0) is 6.42 Å². The van der Waals surface area contributed by atoms with Crippen molar-refractivity contribution in [2.24, 2.45) is 0 Å². The van der Waals surface area contributed by atoms with Crippen molar-refractivity contribution in [3.63, 3.8) is 0 Å². The molecule has 20 heavy (non-hydrogen) atoms. The lowest BCUT2D eigenvalue weighted by molar-refractivity contribution is 0.465. The topological polar surface area (TPSA) is 12.0 Å². The second-order valence-electron chi connectivity index (χ2n) is 5.73. The summed E-state index contributed by atoms with van der Waals surface area (Å²) in [5, 5.41) is 3.77. The zero-order valence-corrected chi connectivity index (χ0v) is 13.6. The third-order valence-electron chi connectivity index (χ3n) is 4.21. The number of hydrogen-bond acceptors (Lipinski definition) is 1. The number of hydrogen-bond donors (Lipinski definition) is 1. The number of benzene rings is 2. The quantitative estimate of drug-likeness (QED) is 0.826. The van der Waals surface area contributed by atoms with Gasteiger partial charge in [0, 0.05) is 16.6 Å². The maximum atomic E-state index is 3.77. The molecule has 2 atom stereocenters. The highest BCUT2D eigenvalue weighted by Gasteiger charge is 2.23. The first-order valence-electron chi connectivity index (χ1n) is 7.24. The smallest absolute Gasteiger partial charge is 0.0331 e. The van der Waals surface area contributed by atoms with Crippen LogP contribution >= 0.6 is 15.9 Å². The molecule has 2 aromatic rings. The van der Waals surface area contributed by atoms with Gasteiger partial charge in [-0.2, -0.15) is 0 Å². The molecule has 0 heterocycles. The van der Waals surface area contributed by atoms with Crippen LogP contribution in [0.4, 0.5) is 0 Å². The number of fused-ring (bicyclic) bond motifs is 1. The molecule has 0 saturated carbocycles. The van der Waals surface area contributed by atoms with Gasteiger partial charge in [-0.3, -0.25) is 0 Å². The predicted octanol–water partition coefficient (Wildman–Crippen LogP) is 5.10. The van der Waals surface area contributed by atoms with Gasteiger partial charge in [0.15, 0.2) is 0 Å². The molecule has 0 spiro atoms. The molecule has 0 saturated heterocycles. The molecular formula is C18H20BrN. The molecule has 2 heteroatoms. The summed E-state index contributed by atoms with van der Waals surface area (Å²) in [6, 6.07) is 16.4. The SMILES string of the molecule is Cc1ccc([C@H](C)NC2CCc3cc(Br)ccc32)cc1. The Hall–Kier alpha value is -1.12. The highest BCUT2D eigenvalue weighted by Crippen LogP contribution is 2.34. The Morgan fingerprint density at radius 3 is 2.65 bits per heavy atom. The molecule has 3 rings (SSSR count). The largest absolute Gasteiger partial charge is 0.303 e. The van der Waals surface area contributed by atoms with Crippen molar-refractivity contribution in [1.29, 1.82) is 0 Å². The Bertz CT molecular complexity index is 603. The van der Waals surface area contributed by atoms with Gasteiger partial charge in [0.05, 0.1) is 0 Å². The Labute approximate surface area is 129 Å². The number of halogens is 1. The summed E-state index contributed by atoms with van der Waals surface area (Å²) in [6.07, 6.45) is 2.37. The van der Waals surface area contributed by atoms with E-state index in [2.05, 4.69) is 77.6 Å². The third kappa shape index (κ3) is 2.82. The third-order valence-corrected chi connectivity index (χ3v) is 4.70. The molecule has 0 fully saturated rings. The zero-order chi connectivity index (χ0) is 14.1. The predicted molar refractivity (Wildman–Crippen MR) is 87.9 cm³/mol. The Balaban J connectivity index is 1.75. The van der Waals surface area contributed by atoms with E-state index in [0.29, 0.717) is 12.1 Å². The molecule has 1 nitrogen and oxygen atoms in total. The maximum absolute atomic E-state index is 3.77. The monoisotopic (exact) mass is 329 g/mol. The first-order valence-corrected chi connectivity index (χ1v) is 8.04. The fourth-order valence-electron chi connectivity index (χ4n) is 3.01. The molecule has 0 amide bonds. The van der Waals surface area contributed by atoms with Crippen molar-refractivity contribution in [3.05, 3.63) is 69.2 Å². The average Bonchev–Trinajstić information content (AvgIpc) is 2.81. The summed E-state index contributed by atoms with van der Waals surface area (Å²) in [7, 11) is 0. The van der Waals surface area contributed by atoms with E-state index in [0.717, 1.165) is 0 Å². The standard InChI is InChI=1S/C18H20BrN/c1-12-3-5-14(6-4-12)13(2)20-18-10-7-15-11-16(19)8-9-17(15)18/h3-6,8-9,11,13,18,20H,7,10H2,1-2H3/t13-,18?/m0/s1. The first-order chi connectivity index (χ1) is 9.63. The van der Waals surface area contributed by atoms with E-state index in [1.54, 1.807) is 0 Å². The summed E-state index contributed by atoms with van der Waals surface area (Å²) in [5.74, 6) is 0. The van der Waals surface area contributed by atoms with E-state index in [4.69, 9.17) is 0 Å². The minimum atomic E-state index is 0.384. The van der Waals surface area contributed by atoms with Crippen molar-refractivity contribution in [1.82, 2.24) is 5.32 Å². The molecule has 0 aliphatic heterocycles. The summed E-state index contributed by atoms with van der Waals surface area (Å²) in [5.41, 5.74) is 5.62. The van der Waals surface area contributed by atoms with Gasteiger partial charge in [0.25, 0.3) is 0 Å². The van der Waals surface area contributed by atoms with E-state index in [-0.39, 0.29) is 0 Å². The van der Waals surface area contributed by atoms with Crippen LogP contribution in [0.1, 0.15) is 47.7 Å². The minimum Gasteiger partial charge on any atom is -0.303 e. The number of nitrogens with one attached hydrogen (secondary N) is 1. The molecule has 1 aliphatic rings. The molecular weight excluding hydrogens is 310 g/mol. The van der Waals surface area contributed by atoms with E-state index < -0.39 is 0 Å². The molecule has 2 aromatic carbocycles. The first kappa shape index (κ1) is 13.8. The van der Waals surface area contributed by atoms with Crippen LogP contribution in [0, 0.1) is 6.92 Å². The molecule has 0 bridgehead atoms. The molecule has 1 aliphatic carbocycles. The van der Waals surface area contributed by atoms with Gasteiger partial charge in [-0.15, -0.1) is 0 Å². The van der Waals surface area contributed by atoms with Crippen molar-refractivity contribution in [3.8, 4) is 0 Å². The van der Waals surface area contributed by atoms with Crippen LogP contribution in [0.5, 0.6) is 0 Å². The van der Waals surface area contributed by atoms with Crippen molar-refractivity contribution in [2.45, 2.75) is 38.8 Å². The van der Waals surface area contributed by atoms with Gasteiger partial charge in [0.2, 0.25) is 0 Å². The Morgan fingerprint density at radius 2 is 1.90 bits per heavy atom. The molecule has 0 radical (unpaired) electrons. The molecule has 1 N–H and O–H groups in total. The van der Waals surface area contributed by atoms with Crippen LogP contribution < -0.4 is 5.32 Å². The molecule has 1 unspecified atom stereocenters. The lowest BCUT2D eigenvalue weighted by Gasteiger charge is -2.21. The van der Waals surface area contributed by atoms with Gasteiger partial charge in [-0.05, 0) is 55.5 Å². The second kappa shape index (κ2) is 5.71. The van der Waals surface area contributed by atoms with Crippen LogP contribution in [-0.4, -0.2) is 0 Å². The Kier molecular flexibility index (Phi) is 3.95. The van der Waals surface area contributed by atoms with Crippen LogP contribution in [0.25, 0.3) is 0 Å². The Morgan fingerprint density at radius 1 is 1.15 bits per heavy atom. The fraction of sp³-hybridized carbons (Fsp3) is 0.333. The molecule has 104 valence electrons. The number of rotatable bonds is 3. The fourth-order valence-corrected chi connectivity index (χ4v) is 3.42. The van der Waals surface area contributed by atoms with E-state index in [1.807, 2.05) is 0 Å². The highest BCUT2D eigenvalue weighted by molar-refractivity contribution is 9.10. The van der Waals surface area contributed by atoms with Gasteiger partial charge >= 0.3 is 0 Å². The average molecular weight is 330 g/mol. The van der Waals surface area contributed by atoms with Crippen molar-refractivity contribution < 1.29 is 0 Å². The lowest BCUT2D eigenvalue weighted by Crippen LogP contribution is -2.22. The van der Waals surface area contributed by atoms with Crippen LogP contribution in [0.3, 0.4) is 0 Å². The van der Waals surface area contributed by atoms with Crippen LogP contribution in [0.2, 0.25) is 0 Å². The summed E-state index contributed by atoms with van der Waals surface area (Å²) in [4.78, 5) is 0. The highest BCUT2D eigenvalue weighted by atomic mass is 79.9. The van der Waals surface area contributed by atoms with Gasteiger partial charge in [-0.1, -0.05) is 51.8 Å². The van der Waals surface area contributed by atoms with E-state index in [9.17, 15) is 0 Å². The minimum absolute atomic E-state index is 0.384. The van der Waals surface area contributed by atoms with E-state index in [1.165, 1.54) is 39.6 Å². The zero-order valence-electron chi connectivity index (χ0n) is 12.0. The van der Waals surface area contributed by atoms with Gasteiger partial charge < -0.3 is 5.32 Å². The lowest BCUT2D eigenvalue weighted by atomic mass is 10.0. The van der Waals surface area contributed by atoms with Gasteiger partial charge in [-0.25, -0.2) is 0 Å². The van der Waals surface area contributed by atoms with Crippen molar-refractivity contribution in [2.75, 3.05) is 0 Å². The van der Waals surface area contributed by atoms with E-state index >= 15 is 0 Å². The second-order valence-corrected chi connectivity index (χ2v) is 6.65. The maximum Gasteiger partial charge on any atom is 0.0331 e. The normalized spacial score (nSPS) is 18.9. The summed E-state index contributed by atoms with van der Waals surface area (Å²) < 4.78 is 1.18.